The molecule has 0 aliphatic rings. The van der Waals surface area contributed by atoms with Crippen LogP contribution in [0.25, 0.3) is 0 Å². The van der Waals surface area contributed by atoms with Gasteiger partial charge in [0.25, 0.3) is 5.91 Å². The van der Waals surface area contributed by atoms with E-state index in [9.17, 15) is 4.79 Å². The van der Waals surface area contributed by atoms with Crippen LogP contribution in [0.15, 0.2) is 61.1 Å². The van der Waals surface area contributed by atoms with Gasteiger partial charge in [-0.2, -0.15) is 0 Å². The number of hydrogen-bond donors (Lipinski definition) is 1. The number of carbonyl (C=O) groups is 1. The Kier molecular flexibility index (Phi) is 4.76. The predicted molar refractivity (Wildman–Crippen MR) is 89.7 cm³/mol. The standard InChI is InChI=1S/C18H16N4O2/c1-13-10-21-16(11-20-13)18(23)22-15-7-8-19-17(9-15)24-12-14-5-3-2-4-6-14/h2-11H,12H2,1H3,(H,19,22,23). The van der Waals surface area contributed by atoms with Crippen LogP contribution in [0, 0.1) is 6.92 Å². The molecule has 1 aromatic carbocycles. The second-order valence-corrected chi connectivity index (χ2v) is 5.15. The number of nitrogens with one attached hydrogen (secondary N) is 1. The van der Waals surface area contributed by atoms with E-state index in [1.54, 1.807) is 24.5 Å². The first kappa shape index (κ1) is 15.6. The first-order chi connectivity index (χ1) is 11.7. The number of carbonyl (C=O) groups excluding carboxylic acids is 1. The van der Waals surface area contributed by atoms with E-state index < -0.39 is 0 Å². The minimum absolute atomic E-state index is 0.254. The van der Waals surface area contributed by atoms with Gasteiger partial charge in [0.2, 0.25) is 5.88 Å². The molecule has 3 rings (SSSR count). The molecule has 6 nitrogen and oxygen atoms in total. The molecule has 0 aliphatic carbocycles. The maximum atomic E-state index is 12.1. The van der Waals surface area contributed by atoms with Crippen LogP contribution in [0.2, 0.25) is 0 Å². The molecule has 2 heterocycles. The summed E-state index contributed by atoms with van der Waals surface area (Å²) in [7, 11) is 0. The number of nitrogens with zero attached hydrogens (tertiary/aromatic N) is 3. The number of hydrogen-bond acceptors (Lipinski definition) is 5. The Bertz CT molecular complexity index is 820. The molecule has 0 saturated heterocycles. The van der Waals surface area contributed by atoms with Crippen LogP contribution in [0.1, 0.15) is 21.7 Å². The third kappa shape index (κ3) is 4.13. The summed E-state index contributed by atoms with van der Waals surface area (Å²) in [5.41, 5.74) is 2.64. The fraction of sp³-hybridized carbons (Fsp3) is 0.111. The van der Waals surface area contributed by atoms with Gasteiger partial charge in [-0.25, -0.2) is 9.97 Å². The minimum Gasteiger partial charge on any atom is -0.473 e. The van der Waals surface area contributed by atoms with Gasteiger partial charge in [0.15, 0.2) is 0 Å². The maximum absolute atomic E-state index is 12.1. The van der Waals surface area contributed by atoms with Gasteiger partial charge in [-0.05, 0) is 18.6 Å². The van der Waals surface area contributed by atoms with E-state index in [0.29, 0.717) is 18.2 Å². The molecule has 24 heavy (non-hydrogen) atoms. The maximum Gasteiger partial charge on any atom is 0.275 e. The molecule has 0 bridgehead atoms. The number of ether oxygens (including phenoxy) is 1. The van der Waals surface area contributed by atoms with E-state index in [4.69, 9.17) is 4.74 Å². The van der Waals surface area contributed by atoms with E-state index in [1.807, 2.05) is 37.3 Å². The number of rotatable bonds is 5. The van der Waals surface area contributed by atoms with Gasteiger partial charge < -0.3 is 10.1 Å². The highest BCUT2D eigenvalue weighted by Crippen LogP contribution is 2.16. The fourth-order valence-electron chi connectivity index (χ4n) is 2.00. The summed E-state index contributed by atoms with van der Waals surface area (Å²) in [6.07, 6.45) is 4.57. The molecule has 0 unspecified atom stereocenters. The molecule has 1 N–H and O–H groups in total. The van der Waals surface area contributed by atoms with Gasteiger partial charge >= 0.3 is 0 Å². The summed E-state index contributed by atoms with van der Waals surface area (Å²) in [5, 5.41) is 2.75. The average Bonchev–Trinajstić information content (AvgIpc) is 2.62. The Labute approximate surface area is 139 Å². The highest BCUT2D eigenvalue weighted by Gasteiger charge is 2.09. The van der Waals surface area contributed by atoms with Crippen LogP contribution in [0.5, 0.6) is 5.88 Å². The Morgan fingerprint density at radius 2 is 1.92 bits per heavy atom. The minimum atomic E-state index is -0.331. The van der Waals surface area contributed by atoms with Crippen molar-refractivity contribution in [3.05, 3.63) is 78.0 Å². The Balaban J connectivity index is 1.64. The van der Waals surface area contributed by atoms with Gasteiger partial charge in [0.1, 0.15) is 12.3 Å². The second kappa shape index (κ2) is 7.32. The second-order valence-electron chi connectivity index (χ2n) is 5.15. The number of pyridine rings is 1. The van der Waals surface area contributed by atoms with E-state index in [2.05, 4.69) is 20.3 Å². The molecule has 6 heteroatoms. The topological polar surface area (TPSA) is 77.0 Å². The average molecular weight is 320 g/mol. The molecule has 0 atom stereocenters. The van der Waals surface area contributed by atoms with Gasteiger partial charge in [-0.3, -0.25) is 9.78 Å². The highest BCUT2D eigenvalue weighted by atomic mass is 16.5. The summed E-state index contributed by atoms with van der Waals surface area (Å²) >= 11 is 0. The molecular formula is C18H16N4O2. The van der Waals surface area contributed by atoms with E-state index >= 15 is 0 Å². The number of amides is 1. The summed E-state index contributed by atoms with van der Waals surface area (Å²) in [5.74, 6) is 0.106. The molecule has 0 fully saturated rings. The van der Waals surface area contributed by atoms with E-state index in [-0.39, 0.29) is 11.6 Å². The van der Waals surface area contributed by atoms with Crippen molar-refractivity contribution in [2.24, 2.45) is 0 Å². The van der Waals surface area contributed by atoms with Crippen LogP contribution in [-0.4, -0.2) is 20.9 Å². The molecule has 0 aliphatic heterocycles. The number of aromatic nitrogens is 3. The van der Waals surface area contributed by atoms with Crippen LogP contribution in [-0.2, 0) is 6.61 Å². The Morgan fingerprint density at radius 1 is 1.08 bits per heavy atom. The lowest BCUT2D eigenvalue weighted by Gasteiger charge is -2.08. The molecule has 2 aromatic heterocycles. The van der Waals surface area contributed by atoms with Crippen molar-refractivity contribution in [2.75, 3.05) is 5.32 Å². The number of aryl methyl sites for hydroxylation is 1. The van der Waals surface area contributed by atoms with E-state index in [0.717, 1.165) is 11.3 Å². The third-order valence-electron chi connectivity index (χ3n) is 3.24. The number of benzene rings is 1. The molecule has 0 spiro atoms. The normalized spacial score (nSPS) is 10.2. The van der Waals surface area contributed by atoms with Crippen molar-refractivity contribution in [3.8, 4) is 5.88 Å². The monoisotopic (exact) mass is 320 g/mol. The van der Waals surface area contributed by atoms with Gasteiger partial charge in [0.05, 0.1) is 11.9 Å². The zero-order valence-electron chi connectivity index (χ0n) is 13.1. The van der Waals surface area contributed by atoms with E-state index in [1.165, 1.54) is 6.20 Å². The van der Waals surface area contributed by atoms with Gasteiger partial charge in [-0.1, -0.05) is 30.3 Å². The van der Waals surface area contributed by atoms with Crippen LogP contribution in [0.4, 0.5) is 5.69 Å². The molecule has 120 valence electrons. The van der Waals surface area contributed by atoms with Crippen LogP contribution >= 0.6 is 0 Å². The van der Waals surface area contributed by atoms with Gasteiger partial charge in [0, 0.05) is 24.1 Å². The molecular weight excluding hydrogens is 304 g/mol. The zero-order valence-corrected chi connectivity index (χ0v) is 13.1. The van der Waals surface area contributed by atoms with Crippen molar-refractivity contribution < 1.29 is 9.53 Å². The lowest BCUT2D eigenvalue weighted by molar-refractivity contribution is 0.102. The number of anilines is 1. The molecule has 0 radical (unpaired) electrons. The largest absolute Gasteiger partial charge is 0.473 e. The smallest absolute Gasteiger partial charge is 0.275 e. The molecule has 3 aromatic rings. The summed E-state index contributed by atoms with van der Waals surface area (Å²) in [6, 6.07) is 13.2. The van der Waals surface area contributed by atoms with Gasteiger partial charge in [-0.15, -0.1) is 0 Å². The van der Waals surface area contributed by atoms with Crippen molar-refractivity contribution in [3.63, 3.8) is 0 Å². The van der Waals surface area contributed by atoms with Crippen LogP contribution in [0.3, 0.4) is 0 Å². The van der Waals surface area contributed by atoms with Crippen molar-refractivity contribution >= 4 is 11.6 Å². The summed E-state index contributed by atoms with van der Waals surface area (Å²) < 4.78 is 5.65. The third-order valence-corrected chi connectivity index (χ3v) is 3.24. The van der Waals surface area contributed by atoms with Crippen LogP contribution < -0.4 is 10.1 Å². The predicted octanol–water partition coefficient (Wildman–Crippen LogP) is 3.01. The fourth-order valence-corrected chi connectivity index (χ4v) is 2.00. The summed E-state index contributed by atoms with van der Waals surface area (Å²) in [6.45, 7) is 2.22. The zero-order chi connectivity index (χ0) is 16.8. The Morgan fingerprint density at radius 3 is 2.67 bits per heavy atom. The van der Waals surface area contributed by atoms with Crippen molar-refractivity contribution in [2.45, 2.75) is 13.5 Å². The highest BCUT2D eigenvalue weighted by molar-refractivity contribution is 6.02. The SMILES string of the molecule is Cc1cnc(C(=O)Nc2ccnc(OCc3ccccc3)c2)cn1. The quantitative estimate of drug-likeness (QED) is 0.782. The molecule has 1 amide bonds. The van der Waals surface area contributed by atoms with Crippen molar-refractivity contribution in [1.82, 2.24) is 15.0 Å². The summed E-state index contributed by atoms with van der Waals surface area (Å²) in [4.78, 5) is 24.4. The first-order valence-electron chi connectivity index (χ1n) is 7.43. The Hall–Kier alpha value is -3.28. The lowest BCUT2D eigenvalue weighted by atomic mass is 10.2. The lowest BCUT2D eigenvalue weighted by Crippen LogP contribution is -2.14. The first-order valence-corrected chi connectivity index (χ1v) is 7.43. The molecule has 0 saturated carbocycles. The van der Waals surface area contributed by atoms with Crippen molar-refractivity contribution in [1.29, 1.82) is 0 Å².